The second kappa shape index (κ2) is 6.00. The Morgan fingerprint density at radius 1 is 1.20 bits per heavy atom. The van der Waals surface area contributed by atoms with Gasteiger partial charge in [0.1, 0.15) is 6.07 Å². The Hall–Kier alpha value is -3.24. The van der Waals surface area contributed by atoms with Crippen LogP contribution in [0.1, 0.15) is 17.0 Å². The van der Waals surface area contributed by atoms with Crippen molar-refractivity contribution in [2.75, 3.05) is 0 Å². The van der Waals surface area contributed by atoms with Crippen molar-refractivity contribution in [2.24, 2.45) is 0 Å². The second-order valence-electron chi connectivity index (χ2n) is 5.58. The summed E-state index contributed by atoms with van der Waals surface area (Å²) in [6.07, 6.45) is 3.38. The summed E-state index contributed by atoms with van der Waals surface area (Å²) in [5, 5.41) is 18.6. The summed E-state index contributed by atoms with van der Waals surface area (Å²) in [6.45, 7) is 2.49. The average Bonchev–Trinajstić information content (AvgIpc) is 3.19. The number of nitrogens with zero attached hydrogens (tertiary/aromatic N) is 7. The molecule has 0 saturated carbocycles. The Morgan fingerprint density at radius 3 is 2.72 bits per heavy atom. The third kappa shape index (κ3) is 2.84. The SMILES string of the molecule is Cc1cc(C#N)nn1-c1ccc(Cn2ncc3cnc(Cl)nc32)cc1. The van der Waals surface area contributed by atoms with Crippen molar-refractivity contribution >= 4 is 22.6 Å². The molecule has 8 heteroatoms. The highest BCUT2D eigenvalue weighted by molar-refractivity contribution is 6.28. The summed E-state index contributed by atoms with van der Waals surface area (Å²) >= 11 is 5.87. The van der Waals surface area contributed by atoms with Crippen LogP contribution in [-0.2, 0) is 6.54 Å². The highest BCUT2D eigenvalue weighted by Gasteiger charge is 2.08. The quantitative estimate of drug-likeness (QED) is 0.531. The molecule has 0 unspecified atom stereocenters. The molecule has 4 aromatic rings. The van der Waals surface area contributed by atoms with Crippen LogP contribution in [-0.4, -0.2) is 29.5 Å². The number of aryl methyl sites for hydroxylation is 1. The highest BCUT2D eigenvalue weighted by atomic mass is 35.5. The topological polar surface area (TPSA) is 85.2 Å². The summed E-state index contributed by atoms with van der Waals surface area (Å²) in [6, 6.07) is 11.7. The fraction of sp³-hybridized carbons (Fsp3) is 0.118. The Morgan fingerprint density at radius 2 is 2.00 bits per heavy atom. The molecule has 25 heavy (non-hydrogen) atoms. The lowest BCUT2D eigenvalue weighted by molar-refractivity contribution is 0.703. The molecule has 0 atom stereocenters. The van der Waals surface area contributed by atoms with Crippen LogP contribution in [0.2, 0.25) is 5.28 Å². The number of benzene rings is 1. The summed E-state index contributed by atoms with van der Waals surface area (Å²) in [4.78, 5) is 8.19. The maximum absolute atomic E-state index is 8.96. The molecule has 0 bridgehead atoms. The van der Waals surface area contributed by atoms with Crippen LogP contribution in [0.5, 0.6) is 0 Å². The van der Waals surface area contributed by atoms with Gasteiger partial charge in [-0.15, -0.1) is 0 Å². The standard InChI is InChI=1S/C17H12ClN7/c1-11-6-14(7-19)23-25(11)15-4-2-12(3-5-15)10-24-16-13(9-21-24)8-20-17(18)22-16/h2-6,8-9H,10H2,1H3. The van der Waals surface area contributed by atoms with E-state index in [2.05, 4.69) is 26.2 Å². The van der Waals surface area contributed by atoms with Crippen LogP contribution >= 0.6 is 11.6 Å². The minimum Gasteiger partial charge on any atom is -0.243 e. The van der Waals surface area contributed by atoms with Crippen molar-refractivity contribution in [3.63, 3.8) is 0 Å². The first kappa shape index (κ1) is 15.3. The van der Waals surface area contributed by atoms with Gasteiger partial charge in [-0.05, 0) is 42.3 Å². The zero-order chi connectivity index (χ0) is 17.4. The van der Waals surface area contributed by atoms with Crippen molar-refractivity contribution in [2.45, 2.75) is 13.5 Å². The minimum absolute atomic E-state index is 0.201. The lowest BCUT2D eigenvalue weighted by Gasteiger charge is -2.07. The van der Waals surface area contributed by atoms with E-state index in [1.807, 2.05) is 31.2 Å². The van der Waals surface area contributed by atoms with Gasteiger partial charge in [0.25, 0.3) is 0 Å². The summed E-state index contributed by atoms with van der Waals surface area (Å²) in [5.41, 5.74) is 3.98. The number of hydrogen-bond donors (Lipinski definition) is 0. The lowest BCUT2D eigenvalue weighted by Crippen LogP contribution is -2.04. The van der Waals surface area contributed by atoms with Crippen LogP contribution in [0.15, 0.2) is 42.7 Å². The molecule has 3 aromatic heterocycles. The smallest absolute Gasteiger partial charge is 0.224 e. The van der Waals surface area contributed by atoms with E-state index in [0.717, 1.165) is 22.3 Å². The number of hydrogen-bond acceptors (Lipinski definition) is 5. The average molecular weight is 350 g/mol. The molecular weight excluding hydrogens is 338 g/mol. The number of fused-ring (bicyclic) bond motifs is 1. The van der Waals surface area contributed by atoms with Crippen LogP contribution in [0, 0.1) is 18.3 Å². The maximum atomic E-state index is 8.96. The lowest BCUT2D eigenvalue weighted by atomic mass is 10.2. The van der Waals surface area contributed by atoms with Crippen LogP contribution in [0.4, 0.5) is 0 Å². The van der Waals surface area contributed by atoms with Gasteiger partial charge in [0.15, 0.2) is 11.3 Å². The van der Waals surface area contributed by atoms with Crippen molar-refractivity contribution in [1.82, 2.24) is 29.5 Å². The normalized spacial score (nSPS) is 10.9. The number of aromatic nitrogens is 6. The third-order valence-corrected chi connectivity index (χ3v) is 4.04. The summed E-state index contributed by atoms with van der Waals surface area (Å²) < 4.78 is 3.53. The molecule has 0 aliphatic rings. The van der Waals surface area contributed by atoms with E-state index in [1.165, 1.54) is 0 Å². The van der Waals surface area contributed by atoms with E-state index in [-0.39, 0.29) is 5.28 Å². The van der Waals surface area contributed by atoms with Crippen LogP contribution in [0.25, 0.3) is 16.7 Å². The molecule has 0 N–H and O–H groups in total. The highest BCUT2D eigenvalue weighted by Crippen LogP contribution is 2.16. The number of halogens is 1. The molecule has 3 heterocycles. The fourth-order valence-corrected chi connectivity index (χ4v) is 2.80. The van der Waals surface area contributed by atoms with E-state index in [4.69, 9.17) is 16.9 Å². The van der Waals surface area contributed by atoms with E-state index < -0.39 is 0 Å². The monoisotopic (exact) mass is 349 g/mol. The van der Waals surface area contributed by atoms with Gasteiger partial charge in [-0.25, -0.2) is 14.3 Å². The van der Waals surface area contributed by atoms with Crippen molar-refractivity contribution in [3.05, 3.63) is 65.0 Å². The van der Waals surface area contributed by atoms with Crippen LogP contribution < -0.4 is 0 Å². The molecule has 0 amide bonds. The maximum Gasteiger partial charge on any atom is 0.224 e. The molecule has 4 rings (SSSR count). The van der Waals surface area contributed by atoms with Crippen LogP contribution in [0.3, 0.4) is 0 Å². The van der Waals surface area contributed by atoms with Gasteiger partial charge in [-0.2, -0.15) is 20.4 Å². The van der Waals surface area contributed by atoms with E-state index in [0.29, 0.717) is 17.9 Å². The Balaban J connectivity index is 1.63. The molecule has 0 saturated heterocycles. The first-order valence-electron chi connectivity index (χ1n) is 7.54. The molecule has 1 aromatic carbocycles. The molecule has 0 radical (unpaired) electrons. The molecular formula is C17H12ClN7. The Labute approximate surface area is 148 Å². The van der Waals surface area contributed by atoms with E-state index in [1.54, 1.807) is 27.8 Å². The van der Waals surface area contributed by atoms with Gasteiger partial charge >= 0.3 is 0 Å². The minimum atomic E-state index is 0.201. The van der Waals surface area contributed by atoms with E-state index >= 15 is 0 Å². The zero-order valence-electron chi connectivity index (χ0n) is 13.3. The van der Waals surface area contributed by atoms with Crippen molar-refractivity contribution < 1.29 is 0 Å². The first-order chi connectivity index (χ1) is 12.1. The number of nitriles is 1. The molecule has 0 spiro atoms. The zero-order valence-corrected chi connectivity index (χ0v) is 14.0. The fourth-order valence-electron chi connectivity index (χ4n) is 2.67. The second-order valence-corrected chi connectivity index (χ2v) is 5.92. The first-order valence-corrected chi connectivity index (χ1v) is 7.92. The molecule has 7 nitrogen and oxygen atoms in total. The molecule has 0 aliphatic carbocycles. The van der Waals surface area contributed by atoms with Crippen molar-refractivity contribution in [3.8, 4) is 11.8 Å². The van der Waals surface area contributed by atoms with Crippen molar-refractivity contribution in [1.29, 1.82) is 5.26 Å². The molecule has 0 aliphatic heterocycles. The third-order valence-electron chi connectivity index (χ3n) is 3.86. The predicted octanol–water partition coefficient (Wildman–Crippen LogP) is 2.89. The summed E-state index contributed by atoms with van der Waals surface area (Å²) in [5.74, 6) is 0. The molecule has 122 valence electrons. The molecule has 0 fully saturated rings. The predicted molar refractivity (Wildman–Crippen MR) is 92.5 cm³/mol. The largest absolute Gasteiger partial charge is 0.243 e. The Kier molecular flexibility index (Phi) is 3.67. The van der Waals surface area contributed by atoms with Gasteiger partial charge in [0.2, 0.25) is 5.28 Å². The Bertz CT molecular complexity index is 1100. The van der Waals surface area contributed by atoms with Gasteiger partial charge in [0.05, 0.1) is 23.8 Å². The van der Waals surface area contributed by atoms with Gasteiger partial charge < -0.3 is 0 Å². The summed E-state index contributed by atoms with van der Waals surface area (Å²) in [7, 11) is 0. The number of rotatable bonds is 3. The van der Waals surface area contributed by atoms with Gasteiger partial charge in [0, 0.05) is 11.9 Å². The van der Waals surface area contributed by atoms with Gasteiger partial charge in [-0.1, -0.05) is 12.1 Å². The van der Waals surface area contributed by atoms with Gasteiger partial charge in [-0.3, -0.25) is 0 Å². The van der Waals surface area contributed by atoms with E-state index in [9.17, 15) is 0 Å².